The first-order valence-electron chi connectivity index (χ1n) is 7.03. The molecule has 0 saturated heterocycles. The molecule has 1 saturated carbocycles. The van der Waals surface area contributed by atoms with Crippen molar-refractivity contribution in [2.45, 2.75) is 18.8 Å². The highest BCUT2D eigenvalue weighted by atomic mass is 16.7. The standard InChI is InChI=1S/C16H12N2O4/c19-14-10-3-1-2-4-11(10)15(20)18(14)22-16(21)13-8-17-7-12(13)9-5-6-9/h1-4,7-9,17H,5-6H2. The third-order valence-electron chi connectivity index (χ3n) is 3.95. The van der Waals surface area contributed by atoms with Crippen LogP contribution in [0.25, 0.3) is 0 Å². The van der Waals surface area contributed by atoms with Crippen LogP contribution in [-0.4, -0.2) is 27.8 Å². The van der Waals surface area contributed by atoms with E-state index in [9.17, 15) is 14.4 Å². The smallest absolute Gasteiger partial charge is 0.365 e. The molecular formula is C16H12N2O4. The molecule has 0 spiro atoms. The van der Waals surface area contributed by atoms with Gasteiger partial charge in [-0.05, 0) is 36.5 Å². The Hall–Kier alpha value is -2.89. The lowest BCUT2D eigenvalue weighted by Crippen LogP contribution is -2.32. The van der Waals surface area contributed by atoms with Crippen LogP contribution in [0.4, 0.5) is 0 Å². The number of H-pyrrole nitrogens is 1. The van der Waals surface area contributed by atoms with Crippen molar-refractivity contribution in [3.8, 4) is 0 Å². The monoisotopic (exact) mass is 296 g/mol. The van der Waals surface area contributed by atoms with Gasteiger partial charge >= 0.3 is 5.97 Å². The van der Waals surface area contributed by atoms with E-state index in [-0.39, 0.29) is 11.1 Å². The summed E-state index contributed by atoms with van der Waals surface area (Å²) in [6, 6.07) is 6.39. The number of nitrogens with one attached hydrogen (secondary N) is 1. The van der Waals surface area contributed by atoms with Crippen molar-refractivity contribution < 1.29 is 19.2 Å². The van der Waals surface area contributed by atoms with E-state index in [1.807, 2.05) is 0 Å². The number of nitrogens with zero attached hydrogens (tertiary/aromatic N) is 1. The van der Waals surface area contributed by atoms with E-state index in [0.717, 1.165) is 18.4 Å². The second kappa shape index (κ2) is 4.56. The molecule has 1 N–H and O–H groups in total. The van der Waals surface area contributed by atoms with Crippen molar-refractivity contribution in [1.82, 2.24) is 10.0 Å². The minimum atomic E-state index is -0.697. The van der Waals surface area contributed by atoms with Gasteiger partial charge in [0.2, 0.25) is 0 Å². The number of fused-ring (bicyclic) bond motifs is 1. The molecule has 0 radical (unpaired) electrons. The fraction of sp³-hybridized carbons (Fsp3) is 0.188. The number of carbonyl (C=O) groups excluding carboxylic acids is 3. The summed E-state index contributed by atoms with van der Waals surface area (Å²) in [5, 5.41) is 0.538. The lowest BCUT2D eigenvalue weighted by Gasteiger charge is -2.12. The van der Waals surface area contributed by atoms with Crippen molar-refractivity contribution >= 4 is 17.8 Å². The Labute approximate surface area is 125 Å². The van der Waals surface area contributed by atoms with Gasteiger partial charge in [-0.3, -0.25) is 9.59 Å². The van der Waals surface area contributed by atoms with Crippen LogP contribution in [-0.2, 0) is 4.84 Å². The van der Waals surface area contributed by atoms with Gasteiger partial charge in [-0.15, -0.1) is 0 Å². The zero-order valence-corrected chi connectivity index (χ0v) is 11.5. The number of imide groups is 1. The molecule has 6 heteroatoms. The summed E-state index contributed by atoms with van der Waals surface area (Å²) in [6.07, 6.45) is 5.36. The van der Waals surface area contributed by atoms with Gasteiger partial charge in [0.15, 0.2) is 0 Å². The van der Waals surface area contributed by atoms with E-state index in [4.69, 9.17) is 4.84 Å². The number of hydrogen-bond acceptors (Lipinski definition) is 4. The highest BCUT2D eigenvalue weighted by Crippen LogP contribution is 2.41. The molecule has 2 amide bonds. The maximum atomic E-state index is 12.3. The third kappa shape index (κ3) is 1.84. The van der Waals surface area contributed by atoms with Crippen LogP contribution in [0.3, 0.4) is 0 Å². The molecule has 1 aliphatic carbocycles. The van der Waals surface area contributed by atoms with Crippen LogP contribution in [0.1, 0.15) is 55.4 Å². The normalized spacial score (nSPS) is 16.8. The molecule has 110 valence electrons. The number of benzene rings is 1. The lowest BCUT2D eigenvalue weighted by molar-refractivity contribution is -0.0585. The van der Waals surface area contributed by atoms with Crippen molar-refractivity contribution in [3.05, 3.63) is 58.9 Å². The Morgan fingerprint density at radius 3 is 2.32 bits per heavy atom. The first-order chi connectivity index (χ1) is 10.7. The predicted octanol–water partition coefficient (Wildman–Crippen LogP) is 2.26. The Bertz CT molecular complexity index is 769. The highest BCUT2D eigenvalue weighted by Gasteiger charge is 2.39. The van der Waals surface area contributed by atoms with Crippen LogP contribution < -0.4 is 0 Å². The number of carbonyl (C=O) groups is 3. The van der Waals surface area contributed by atoms with Gasteiger partial charge in [0.1, 0.15) is 0 Å². The van der Waals surface area contributed by atoms with Crippen LogP contribution in [0, 0.1) is 0 Å². The number of hydrogen-bond donors (Lipinski definition) is 1. The third-order valence-corrected chi connectivity index (χ3v) is 3.95. The second-order valence-corrected chi connectivity index (χ2v) is 5.43. The minimum Gasteiger partial charge on any atom is -0.367 e. The van der Waals surface area contributed by atoms with Crippen LogP contribution in [0.5, 0.6) is 0 Å². The van der Waals surface area contributed by atoms with Crippen molar-refractivity contribution in [1.29, 1.82) is 0 Å². The zero-order chi connectivity index (χ0) is 15.3. The molecule has 0 unspecified atom stereocenters. The average Bonchev–Trinajstić information content (AvgIpc) is 3.22. The summed E-state index contributed by atoms with van der Waals surface area (Å²) < 4.78 is 0. The number of rotatable bonds is 3. The molecule has 0 bridgehead atoms. The second-order valence-electron chi connectivity index (χ2n) is 5.43. The Morgan fingerprint density at radius 2 is 1.73 bits per heavy atom. The van der Waals surface area contributed by atoms with Gasteiger partial charge in [0.25, 0.3) is 11.8 Å². The molecule has 6 nitrogen and oxygen atoms in total. The van der Waals surface area contributed by atoms with Crippen LogP contribution in [0.15, 0.2) is 36.7 Å². The molecule has 1 aromatic carbocycles. The average molecular weight is 296 g/mol. The largest absolute Gasteiger partial charge is 0.367 e. The van der Waals surface area contributed by atoms with Gasteiger partial charge in [-0.25, -0.2) is 4.79 Å². The quantitative estimate of drug-likeness (QED) is 0.881. The minimum absolute atomic E-state index is 0.247. The maximum absolute atomic E-state index is 12.3. The summed E-state index contributed by atoms with van der Waals surface area (Å²) >= 11 is 0. The van der Waals surface area contributed by atoms with Gasteiger partial charge in [-0.2, -0.15) is 0 Å². The number of amides is 2. The van der Waals surface area contributed by atoms with Gasteiger partial charge in [-0.1, -0.05) is 17.2 Å². The molecule has 2 aromatic rings. The Kier molecular flexibility index (Phi) is 2.66. The molecule has 2 heterocycles. The lowest BCUT2D eigenvalue weighted by atomic mass is 10.1. The van der Waals surface area contributed by atoms with Crippen LogP contribution in [0.2, 0.25) is 0 Å². The Morgan fingerprint density at radius 1 is 1.09 bits per heavy atom. The van der Waals surface area contributed by atoms with E-state index < -0.39 is 17.8 Å². The van der Waals surface area contributed by atoms with Crippen molar-refractivity contribution in [2.75, 3.05) is 0 Å². The van der Waals surface area contributed by atoms with Gasteiger partial charge in [0, 0.05) is 12.4 Å². The highest BCUT2D eigenvalue weighted by molar-refractivity contribution is 6.21. The van der Waals surface area contributed by atoms with Gasteiger partial charge in [0.05, 0.1) is 16.7 Å². The maximum Gasteiger partial charge on any atom is 0.365 e. The Balaban J connectivity index is 1.59. The summed E-state index contributed by atoms with van der Waals surface area (Å²) in [4.78, 5) is 44.5. The fourth-order valence-electron chi connectivity index (χ4n) is 2.67. The molecular weight excluding hydrogens is 284 g/mol. The van der Waals surface area contributed by atoms with E-state index in [1.165, 1.54) is 18.3 Å². The van der Waals surface area contributed by atoms with E-state index in [1.54, 1.807) is 18.3 Å². The number of hydroxylamine groups is 2. The molecule has 1 aliphatic heterocycles. The van der Waals surface area contributed by atoms with Crippen molar-refractivity contribution in [2.24, 2.45) is 0 Å². The molecule has 1 fully saturated rings. The van der Waals surface area contributed by atoms with Crippen LogP contribution >= 0.6 is 0 Å². The summed E-state index contributed by atoms with van der Waals surface area (Å²) in [5.41, 5.74) is 1.74. The first-order valence-corrected chi connectivity index (χ1v) is 7.03. The molecule has 22 heavy (non-hydrogen) atoms. The number of aromatic nitrogens is 1. The molecule has 0 atom stereocenters. The van der Waals surface area contributed by atoms with Gasteiger partial charge < -0.3 is 9.82 Å². The molecule has 4 rings (SSSR count). The van der Waals surface area contributed by atoms with E-state index in [0.29, 0.717) is 16.5 Å². The van der Waals surface area contributed by atoms with Crippen molar-refractivity contribution in [3.63, 3.8) is 0 Å². The predicted molar refractivity (Wildman–Crippen MR) is 75.1 cm³/mol. The van der Waals surface area contributed by atoms with E-state index in [2.05, 4.69) is 4.98 Å². The SMILES string of the molecule is O=C(ON1C(=O)c2ccccc2C1=O)c1c[nH]cc1C1CC1. The summed E-state index contributed by atoms with van der Waals surface area (Å²) in [6.45, 7) is 0. The first kappa shape index (κ1) is 12.8. The number of aromatic amines is 1. The summed E-state index contributed by atoms with van der Waals surface area (Å²) in [5.74, 6) is -1.57. The fourth-order valence-corrected chi connectivity index (χ4v) is 2.67. The van der Waals surface area contributed by atoms with E-state index >= 15 is 0 Å². The molecule has 2 aliphatic rings. The topological polar surface area (TPSA) is 79.5 Å². The summed E-state index contributed by atoms with van der Waals surface area (Å²) in [7, 11) is 0. The zero-order valence-electron chi connectivity index (χ0n) is 11.5. The molecule has 1 aromatic heterocycles.